The molecule has 1 heterocycles. The molecule has 5 aromatic rings. The first-order valence-electron chi connectivity index (χ1n) is 23.0. The summed E-state index contributed by atoms with van der Waals surface area (Å²) in [5.74, 6) is 0. The fourth-order valence-electron chi connectivity index (χ4n) is 10.6. The van der Waals surface area contributed by atoms with Crippen LogP contribution in [0.3, 0.4) is 0 Å². The fourth-order valence-corrected chi connectivity index (χ4v) is 10.6. The van der Waals surface area contributed by atoms with Gasteiger partial charge in [0.2, 0.25) is 0 Å². The van der Waals surface area contributed by atoms with Crippen LogP contribution in [0.2, 0.25) is 0 Å². The van der Waals surface area contributed by atoms with Gasteiger partial charge in [-0.2, -0.15) is 0 Å². The summed E-state index contributed by atoms with van der Waals surface area (Å²) in [5, 5.41) is 0. The summed E-state index contributed by atoms with van der Waals surface area (Å²) in [5.41, 5.74) is 16.7. The maximum absolute atomic E-state index is 5.20. The van der Waals surface area contributed by atoms with Gasteiger partial charge < -0.3 is 4.98 Å². The second-order valence-corrected chi connectivity index (χ2v) is 17.4. The maximum atomic E-state index is 5.20. The summed E-state index contributed by atoms with van der Waals surface area (Å²) in [6.07, 6.45) is 27.8. The first kappa shape index (κ1) is 43.3. The molecular weight excluding hydrogens is 867 g/mol. The Bertz CT molecular complexity index is 1850. The molecule has 0 fully saturated rings. The van der Waals surface area contributed by atoms with Crippen molar-refractivity contribution >= 4 is 0 Å². The number of aromatic nitrogens is 1. The summed E-state index contributed by atoms with van der Waals surface area (Å²) >= 11 is 0. The normalized spacial score (nSPS) is 14.1. The largest absolute Gasteiger partial charge is 0.304 e. The average Bonchev–Trinajstić information content (AvgIpc) is 3.67. The van der Waals surface area contributed by atoms with Crippen molar-refractivity contribution in [2.24, 2.45) is 0 Å². The van der Waals surface area contributed by atoms with Gasteiger partial charge in [-0.05, 0) is 76.4 Å². The molecule has 2 aliphatic carbocycles. The van der Waals surface area contributed by atoms with Gasteiger partial charge in [-0.1, -0.05) is 214 Å². The SMILES string of the molecule is CCCCCCC1(CCCCCC)c2ccccc2-c2c[c-]c(-c3ccc(-c4ccc5c(c4)C(CCCCCC)(CCCCCC)c4ccccc4-5)cn3)cc21.[Ir]. The minimum atomic E-state index is 0. The first-order valence-corrected chi connectivity index (χ1v) is 23.0. The van der Waals surface area contributed by atoms with Gasteiger partial charge in [0.05, 0.1) is 0 Å². The Balaban J connectivity index is 0.00000549. The molecule has 0 spiro atoms. The number of unbranched alkanes of at least 4 members (excludes halogenated alkanes) is 12. The van der Waals surface area contributed by atoms with Crippen molar-refractivity contribution < 1.29 is 20.1 Å². The third kappa shape index (κ3) is 8.99. The zero-order valence-electron chi connectivity index (χ0n) is 35.7. The Hall–Kier alpha value is -3.32. The van der Waals surface area contributed by atoms with Crippen LogP contribution in [0.1, 0.15) is 178 Å². The topological polar surface area (TPSA) is 12.9 Å². The third-order valence-corrected chi connectivity index (χ3v) is 13.7. The van der Waals surface area contributed by atoms with E-state index in [1.165, 1.54) is 167 Å². The average molecular weight is 935 g/mol. The molecule has 0 saturated heterocycles. The molecule has 1 aromatic heterocycles. The number of hydrogen-bond acceptors (Lipinski definition) is 1. The van der Waals surface area contributed by atoms with Gasteiger partial charge in [0.1, 0.15) is 0 Å². The molecule has 0 amide bonds. The van der Waals surface area contributed by atoms with Crippen LogP contribution in [0.15, 0.2) is 97.2 Å². The first-order chi connectivity index (χ1) is 27.6. The smallest absolute Gasteiger partial charge is 0.0239 e. The molecule has 2 aliphatic rings. The van der Waals surface area contributed by atoms with Crippen LogP contribution in [-0.2, 0) is 30.9 Å². The van der Waals surface area contributed by atoms with Crippen molar-refractivity contribution in [1.29, 1.82) is 0 Å². The van der Waals surface area contributed by atoms with Gasteiger partial charge in [0.25, 0.3) is 0 Å². The predicted octanol–water partition coefficient (Wildman–Crippen LogP) is 16.6. The van der Waals surface area contributed by atoms with Crippen molar-refractivity contribution in [2.75, 3.05) is 0 Å². The summed E-state index contributed by atoms with van der Waals surface area (Å²) < 4.78 is 0. The second kappa shape index (κ2) is 20.6. The van der Waals surface area contributed by atoms with Crippen LogP contribution >= 0.6 is 0 Å². The molecule has 0 unspecified atom stereocenters. The number of hydrogen-bond donors (Lipinski definition) is 0. The molecule has 0 saturated carbocycles. The summed E-state index contributed by atoms with van der Waals surface area (Å²) in [4.78, 5) is 5.20. The predicted molar refractivity (Wildman–Crippen MR) is 241 cm³/mol. The number of rotatable bonds is 22. The monoisotopic (exact) mass is 935 g/mol. The van der Waals surface area contributed by atoms with Gasteiger partial charge in [-0.3, -0.25) is 0 Å². The summed E-state index contributed by atoms with van der Waals surface area (Å²) in [6, 6.07) is 39.0. The zero-order valence-corrected chi connectivity index (χ0v) is 38.1. The van der Waals surface area contributed by atoms with E-state index < -0.39 is 0 Å². The van der Waals surface area contributed by atoms with Gasteiger partial charge in [-0.25, -0.2) is 0 Å². The molecule has 0 bridgehead atoms. The van der Waals surface area contributed by atoms with Crippen LogP contribution in [0.25, 0.3) is 44.6 Å². The Morgan fingerprint density at radius 3 is 1.39 bits per heavy atom. The molecule has 7 rings (SSSR count). The molecule has 303 valence electrons. The van der Waals surface area contributed by atoms with Crippen LogP contribution in [0.4, 0.5) is 0 Å². The van der Waals surface area contributed by atoms with Crippen molar-refractivity contribution in [3.8, 4) is 44.6 Å². The maximum Gasteiger partial charge on any atom is 0.0239 e. The third-order valence-electron chi connectivity index (χ3n) is 13.7. The molecule has 0 atom stereocenters. The van der Waals surface area contributed by atoms with E-state index in [0.29, 0.717) is 0 Å². The molecular formula is C55H68IrN-. The van der Waals surface area contributed by atoms with Crippen LogP contribution in [0.5, 0.6) is 0 Å². The quantitative estimate of drug-likeness (QED) is 0.0498. The standard InChI is InChI=1S/C55H68N.Ir/c1-5-9-13-21-35-54(36-22-14-10-6-2)49-27-19-17-25-45(49)47-32-29-42(39-51(47)54)44-31-34-53(56-41-44)43-30-33-48-46-26-18-20-28-50(46)55(52(48)40-43,37-23-15-11-7-3)38-24-16-12-8-4;/h17-20,25-29,31-34,39-41H,5-16,21-24,35-38H2,1-4H3;/q-1;. The van der Waals surface area contributed by atoms with Crippen LogP contribution in [-0.4, -0.2) is 4.98 Å². The fraction of sp³-hybridized carbons (Fsp3) is 0.473. The van der Waals surface area contributed by atoms with Gasteiger partial charge in [0.15, 0.2) is 0 Å². The Labute approximate surface area is 360 Å². The second-order valence-electron chi connectivity index (χ2n) is 17.4. The van der Waals surface area contributed by atoms with Crippen molar-refractivity contribution in [3.05, 3.63) is 126 Å². The summed E-state index contributed by atoms with van der Waals surface area (Å²) in [7, 11) is 0. The molecule has 0 N–H and O–H groups in total. The van der Waals surface area contributed by atoms with E-state index in [4.69, 9.17) is 4.98 Å². The molecule has 4 aromatic carbocycles. The van der Waals surface area contributed by atoms with E-state index >= 15 is 0 Å². The summed E-state index contributed by atoms with van der Waals surface area (Å²) in [6.45, 7) is 9.30. The molecule has 0 aliphatic heterocycles. The van der Waals surface area contributed by atoms with E-state index in [-0.39, 0.29) is 30.9 Å². The van der Waals surface area contributed by atoms with Crippen molar-refractivity contribution in [3.63, 3.8) is 0 Å². The van der Waals surface area contributed by atoms with Crippen molar-refractivity contribution in [2.45, 2.75) is 167 Å². The van der Waals surface area contributed by atoms with E-state index in [0.717, 1.165) is 11.3 Å². The minimum absolute atomic E-state index is 0. The van der Waals surface area contributed by atoms with Gasteiger partial charge in [0, 0.05) is 37.1 Å². The number of benzene rings is 4. The molecule has 1 nitrogen and oxygen atoms in total. The Kier molecular flexibility index (Phi) is 15.6. The van der Waals surface area contributed by atoms with Crippen molar-refractivity contribution in [1.82, 2.24) is 4.98 Å². The van der Waals surface area contributed by atoms with E-state index in [9.17, 15) is 0 Å². The molecule has 1 radical (unpaired) electrons. The minimum Gasteiger partial charge on any atom is -0.304 e. The number of fused-ring (bicyclic) bond motifs is 6. The van der Waals surface area contributed by atoms with E-state index in [1.807, 2.05) is 0 Å². The van der Waals surface area contributed by atoms with Crippen LogP contribution in [0, 0.1) is 6.07 Å². The number of nitrogens with zero attached hydrogens (tertiary/aromatic N) is 1. The zero-order chi connectivity index (χ0) is 38.8. The molecule has 57 heavy (non-hydrogen) atoms. The van der Waals surface area contributed by atoms with E-state index in [1.54, 1.807) is 16.7 Å². The van der Waals surface area contributed by atoms with Crippen LogP contribution < -0.4 is 0 Å². The Morgan fingerprint density at radius 2 is 0.895 bits per heavy atom. The van der Waals surface area contributed by atoms with E-state index in [2.05, 4.69) is 131 Å². The molecule has 2 heteroatoms. The van der Waals surface area contributed by atoms with Gasteiger partial charge >= 0.3 is 0 Å². The van der Waals surface area contributed by atoms with Gasteiger partial charge in [-0.15, -0.1) is 29.3 Å². The Morgan fingerprint density at radius 1 is 0.439 bits per heavy atom. The number of pyridine rings is 1.